The largest absolute Gasteiger partial charge is 0.480 e. The van der Waals surface area contributed by atoms with E-state index in [0.29, 0.717) is 11.6 Å². The topological polar surface area (TPSA) is 75.4 Å². The van der Waals surface area contributed by atoms with Gasteiger partial charge in [-0.3, -0.25) is 14.3 Å². The molecule has 1 fully saturated rings. The Balaban J connectivity index is 1.76. The first-order valence-electron chi connectivity index (χ1n) is 8.33. The second-order valence-corrected chi connectivity index (χ2v) is 6.30. The van der Waals surface area contributed by atoms with Crippen molar-refractivity contribution in [1.29, 1.82) is 0 Å². The smallest absolute Gasteiger partial charge is 0.323 e. The van der Waals surface area contributed by atoms with Crippen LogP contribution in [0, 0.1) is 5.82 Å². The van der Waals surface area contributed by atoms with E-state index in [2.05, 4.69) is 5.10 Å². The molecule has 6 nitrogen and oxygen atoms in total. The van der Waals surface area contributed by atoms with Crippen molar-refractivity contribution < 1.29 is 19.1 Å². The van der Waals surface area contributed by atoms with Crippen molar-refractivity contribution in [3.63, 3.8) is 0 Å². The number of halogens is 1. The quantitative estimate of drug-likeness (QED) is 0.873. The van der Waals surface area contributed by atoms with Crippen molar-refractivity contribution in [3.05, 3.63) is 53.6 Å². The zero-order chi connectivity index (χ0) is 17.8. The lowest BCUT2D eigenvalue weighted by molar-refractivity contribution is -0.137. The third-order valence-corrected chi connectivity index (χ3v) is 4.43. The van der Waals surface area contributed by atoms with Gasteiger partial charge in [-0.15, -0.1) is 0 Å². The van der Waals surface area contributed by atoms with E-state index in [9.17, 15) is 14.0 Å². The Labute approximate surface area is 144 Å². The Morgan fingerprint density at radius 2 is 1.88 bits per heavy atom. The lowest BCUT2D eigenvalue weighted by atomic mass is 10.2. The van der Waals surface area contributed by atoms with Gasteiger partial charge < -0.3 is 10.0 Å². The highest BCUT2D eigenvalue weighted by molar-refractivity contribution is 5.94. The van der Waals surface area contributed by atoms with Crippen LogP contribution in [0.1, 0.15) is 47.8 Å². The molecule has 1 amide bonds. The zero-order valence-corrected chi connectivity index (χ0v) is 13.8. The number of benzene rings is 1. The van der Waals surface area contributed by atoms with Crippen LogP contribution in [0.25, 0.3) is 0 Å². The summed E-state index contributed by atoms with van der Waals surface area (Å²) in [4.78, 5) is 25.0. The normalized spacial score (nSPS) is 14.6. The van der Waals surface area contributed by atoms with Gasteiger partial charge in [-0.2, -0.15) is 5.10 Å². The summed E-state index contributed by atoms with van der Waals surface area (Å²) in [5.74, 6) is -1.93. The van der Waals surface area contributed by atoms with Crippen LogP contribution in [-0.4, -0.2) is 38.2 Å². The van der Waals surface area contributed by atoms with Crippen LogP contribution >= 0.6 is 0 Å². The molecule has 1 saturated carbocycles. The van der Waals surface area contributed by atoms with Crippen LogP contribution in [0.5, 0.6) is 0 Å². The van der Waals surface area contributed by atoms with E-state index in [1.165, 1.54) is 29.2 Å². The Kier molecular flexibility index (Phi) is 5.11. The fourth-order valence-corrected chi connectivity index (χ4v) is 3.16. The molecule has 1 aromatic heterocycles. The highest BCUT2D eigenvalue weighted by Gasteiger charge is 2.23. The first-order chi connectivity index (χ1) is 12.0. The molecule has 2 aromatic rings. The number of nitrogens with zero attached hydrogens (tertiary/aromatic N) is 3. The first kappa shape index (κ1) is 17.1. The van der Waals surface area contributed by atoms with Gasteiger partial charge in [0.25, 0.3) is 5.91 Å². The Hall–Kier alpha value is -2.70. The van der Waals surface area contributed by atoms with E-state index >= 15 is 0 Å². The Bertz CT molecular complexity index is 751. The summed E-state index contributed by atoms with van der Waals surface area (Å²) < 4.78 is 14.8. The number of amides is 1. The van der Waals surface area contributed by atoms with Gasteiger partial charge in [-0.1, -0.05) is 25.0 Å². The van der Waals surface area contributed by atoms with Gasteiger partial charge in [0.05, 0.1) is 6.04 Å². The number of rotatable bonds is 6. The standard InChI is InChI=1S/C18H20FN3O3/c19-14-7-5-13(6-8-14)11-21(12-17(23)24)18(25)16-9-10-22(20-16)15-3-1-2-4-15/h5-10,15H,1-4,11-12H2,(H,23,24). The van der Waals surface area contributed by atoms with Crippen molar-refractivity contribution in [2.24, 2.45) is 0 Å². The van der Waals surface area contributed by atoms with Gasteiger partial charge in [0.2, 0.25) is 0 Å². The summed E-state index contributed by atoms with van der Waals surface area (Å²) in [6, 6.07) is 7.58. The lowest BCUT2D eigenvalue weighted by Crippen LogP contribution is -2.35. The van der Waals surface area contributed by atoms with E-state index in [1.807, 2.05) is 0 Å². The molecule has 1 aliphatic rings. The van der Waals surface area contributed by atoms with Crippen LogP contribution in [0.3, 0.4) is 0 Å². The number of aliphatic carboxylic acids is 1. The number of hydrogen-bond donors (Lipinski definition) is 1. The second kappa shape index (κ2) is 7.46. The number of carbonyl (C=O) groups excluding carboxylic acids is 1. The minimum atomic E-state index is -1.11. The Morgan fingerprint density at radius 3 is 2.52 bits per heavy atom. The van der Waals surface area contributed by atoms with Crippen molar-refractivity contribution >= 4 is 11.9 Å². The van der Waals surface area contributed by atoms with Crippen LogP contribution in [-0.2, 0) is 11.3 Å². The molecule has 3 rings (SSSR count). The molecule has 132 valence electrons. The zero-order valence-electron chi connectivity index (χ0n) is 13.8. The molecular formula is C18H20FN3O3. The number of hydrogen-bond acceptors (Lipinski definition) is 3. The lowest BCUT2D eigenvalue weighted by Gasteiger charge is -2.20. The minimum absolute atomic E-state index is 0.0850. The van der Waals surface area contributed by atoms with Gasteiger partial charge >= 0.3 is 5.97 Å². The van der Waals surface area contributed by atoms with Gasteiger partial charge in [-0.25, -0.2) is 4.39 Å². The van der Waals surface area contributed by atoms with Crippen LogP contribution in [0.2, 0.25) is 0 Å². The van der Waals surface area contributed by atoms with Crippen LogP contribution < -0.4 is 0 Å². The number of carboxylic acids is 1. The SMILES string of the molecule is O=C(O)CN(Cc1ccc(F)cc1)C(=O)c1ccn(C2CCCC2)n1. The predicted molar refractivity (Wildman–Crippen MR) is 88.5 cm³/mol. The van der Waals surface area contributed by atoms with Crippen molar-refractivity contribution in [3.8, 4) is 0 Å². The summed E-state index contributed by atoms with van der Waals surface area (Å²) >= 11 is 0. The van der Waals surface area contributed by atoms with Gasteiger partial charge in [0.1, 0.15) is 18.1 Å². The fourth-order valence-electron chi connectivity index (χ4n) is 3.16. The average Bonchev–Trinajstić information content (AvgIpc) is 3.26. The molecule has 0 saturated heterocycles. The number of carbonyl (C=O) groups is 2. The van der Waals surface area contributed by atoms with E-state index in [-0.39, 0.29) is 18.1 Å². The second-order valence-electron chi connectivity index (χ2n) is 6.30. The van der Waals surface area contributed by atoms with Crippen LogP contribution in [0.4, 0.5) is 4.39 Å². The molecule has 1 heterocycles. The molecule has 1 aliphatic carbocycles. The van der Waals surface area contributed by atoms with Crippen molar-refractivity contribution in [2.75, 3.05) is 6.54 Å². The van der Waals surface area contributed by atoms with Crippen molar-refractivity contribution in [1.82, 2.24) is 14.7 Å². The molecule has 1 aromatic carbocycles. The van der Waals surface area contributed by atoms with Gasteiger partial charge in [0, 0.05) is 12.7 Å². The average molecular weight is 345 g/mol. The molecular weight excluding hydrogens is 325 g/mol. The van der Waals surface area contributed by atoms with E-state index < -0.39 is 18.4 Å². The maximum absolute atomic E-state index is 13.0. The Morgan fingerprint density at radius 1 is 1.20 bits per heavy atom. The summed E-state index contributed by atoms with van der Waals surface area (Å²) in [6.45, 7) is -0.353. The molecule has 0 bridgehead atoms. The third-order valence-electron chi connectivity index (χ3n) is 4.43. The number of carboxylic acid groups (broad SMARTS) is 1. The molecule has 0 unspecified atom stereocenters. The summed E-state index contributed by atoms with van der Waals surface area (Å²) in [6.07, 6.45) is 6.18. The van der Waals surface area contributed by atoms with E-state index in [4.69, 9.17) is 5.11 Å². The van der Waals surface area contributed by atoms with Gasteiger partial charge in [-0.05, 0) is 36.6 Å². The maximum atomic E-state index is 13.0. The molecule has 7 heteroatoms. The monoisotopic (exact) mass is 345 g/mol. The highest BCUT2D eigenvalue weighted by atomic mass is 19.1. The van der Waals surface area contributed by atoms with E-state index in [1.54, 1.807) is 16.9 Å². The third kappa shape index (κ3) is 4.23. The molecule has 0 radical (unpaired) electrons. The number of aromatic nitrogens is 2. The fraction of sp³-hybridized carbons (Fsp3) is 0.389. The van der Waals surface area contributed by atoms with Crippen molar-refractivity contribution in [2.45, 2.75) is 38.3 Å². The molecule has 25 heavy (non-hydrogen) atoms. The maximum Gasteiger partial charge on any atom is 0.323 e. The molecule has 0 aliphatic heterocycles. The van der Waals surface area contributed by atoms with Crippen LogP contribution in [0.15, 0.2) is 36.5 Å². The van der Waals surface area contributed by atoms with E-state index in [0.717, 1.165) is 25.7 Å². The van der Waals surface area contributed by atoms with Gasteiger partial charge in [0.15, 0.2) is 0 Å². The molecule has 1 N–H and O–H groups in total. The minimum Gasteiger partial charge on any atom is -0.480 e. The summed E-state index contributed by atoms with van der Waals surface area (Å²) in [7, 11) is 0. The predicted octanol–water partition coefficient (Wildman–Crippen LogP) is 2.86. The summed E-state index contributed by atoms with van der Waals surface area (Å²) in [5, 5.41) is 13.4. The molecule has 0 spiro atoms. The first-order valence-corrected chi connectivity index (χ1v) is 8.33. The highest BCUT2D eigenvalue weighted by Crippen LogP contribution is 2.28. The summed E-state index contributed by atoms with van der Waals surface area (Å²) in [5.41, 5.74) is 0.890. The molecule has 0 atom stereocenters.